The molecule has 4 aliphatic rings. The third-order valence-corrected chi connectivity index (χ3v) is 8.46. The van der Waals surface area contributed by atoms with Gasteiger partial charge in [0, 0.05) is 36.5 Å². The number of unbranched alkanes of at least 4 members (excludes halogenated alkanes) is 1. The number of esters is 2. The van der Waals surface area contributed by atoms with Crippen molar-refractivity contribution in [1.82, 2.24) is 4.90 Å². The second-order valence-corrected chi connectivity index (χ2v) is 10.6. The summed E-state index contributed by atoms with van der Waals surface area (Å²) in [5.41, 5.74) is 2.89. The molecule has 0 unspecified atom stereocenters. The van der Waals surface area contributed by atoms with Crippen molar-refractivity contribution in [3.05, 3.63) is 71.3 Å². The van der Waals surface area contributed by atoms with E-state index in [0.717, 1.165) is 38.0 Å². The van der Waals surface area contributed by atoms with Crippen LogP contribution in [-0.4, -0.2) is 61.9 Å². The second-order valence-electron chi connectivity index (χ2n) is 10.6. The van der Waals surface area contributed by atoms with E-state index >= 15 is 0 Å². The first-order valence-electron chi connectivity index (χ1n) is 13.2. The number of likely N-dealkylation sites (N-methyl/N-ethyl adjacent to an activating group) is 1. The van der Waals surface area contributed by atoms with Crippen molar-refractivity contribution in [2.24, 2.45) is 5.92 Å². The monoisotopic (exact) mass is 503 g/mol. The van der Waals surface area contributed by atoms with E-state index in [1.54, 1.807) is 12.1 Å². The van der Waals surface area contributed by atoms with Gasteiger partial charge in [0.15, 0.2) is 11.5 Å². The van der Waals surface area contributed by atoms with Crippen LogP contribution in [-0.2, 0) is 26.1 Å². The van der Waals surface area contributed by atoms with Gasteiger partial charge in [-0.3, -0.25) is 4.79 Å². The molecule has 2 aliphatic heterocycles. The maximum absolute atomic E-state index is 12.1. The topological polar surface area (TPSA) is 74.3 Å². The SMILES string of the molecule is CC(=O)Oc1ccc2c3c1O[C@H]1[C@@H](OCCCCOC(=O)c4ccccc4)C=C[C@H]4[C@@H](C2)N(C)CC[C@@]341. The average molecular weight is 504 g/mol. The van der Waals surface area contributed by atoms with E-state index in [4.69, 9.17) is 18.9 Å². The van der Waals surface area contributed by atoms with E-state index in [1.165, 1.54) is 18.1 Å². The highest BCUT2D eigenvalue weighted by molar-refractivity contribution is 5.89. The van der Waals surface area contributed by atoms with E-state index in [9.17, 15) is 9.59 Å². The zero-order chi connectivity index (χ0) is 25.6. The summed E-state index contributed by atoms with van der Waals surface area (Å²) >= 11 is 0. The molecule has 2 heterocycles. The number of benzene rings is 2. The third-order valence-electron chi connectivity index (χ3n) is 8.46. The minimum Gasteiger partial charge on any atom is -0.482 e. The number of rotatable bonds is 8. The summed E-state index contributed by atoms with van der Waals surface area (Å²) in [6.45, 7) is 3.32. The average Bonchev–Trinajstić information content (AvgIpc) is 3.25. The van der Waals surface area contributed by atoms with Gasteiger partial charge >= 0.3 is 11.9 Å². The summed E-state index contributed by atoms with van der Waals surface area (Å²) in [4.78, 5) is 26.4. The van der Waals surface area contributed by atoms with Crippen LogP contribution in [0.5, 0.6) is 11.5 Å². The first-order valence-corrected chi connectivity index (χ1v) is 13.2. The van der Waals surface area contributed by atoms with Gasteiger partial charge in [-0.2, -0.15) is 0 Å². The molecule has 0 radical (unpaired) electrons. The summed E-state index contributed by atoms with van der Waals surface area (Å²) in [7, 11) is 2.21. The fourth-order valence-corrected chi connectivity index (χ4v) is 6.83. The van der Waals surface area contributed by atoms with Crippen molar-refractivity contribution in [3.63, 3.8) is 0 Å². The van der Waals surface area contributed by atoms with Gasteiger partial charge in [0.05, 0.1) is 12.2 Å². The molecule has 0 aromatic heterocycles. The molecule has 0 saturated carbocycles. The Morgan fingerprint density at radius 3 is 2.70 bits per heavy atom. The molecule has 0 amide bonds. The lowest BCUT2D eigenvalue weighted by Gasteiger charge is -2.56. The minimum atomic E-state index is -0.348. The van der Waals surface area contributed by atoms with Gasteiger partial charge in [0.2, 0.25) is 0 Å². The molecule has 2 aliphatic carbocycles. The van der Waals surface area contributed by atoms with Crippen molar-refractivity contribution in [2.75, 3.05) is 26.8 Å². The Kier molecular flexibility index (Phi) is 6.29. The molecular formula is C30H33NO6. The molecule has 7 nitrogen and oxygen atoms in total. The molecule has 2 aromatic rings. The summed E-state index contributed by atoms with van der Waals surface area (Å²) in [6, 6.07) is 13.4. The van der Waals surface area contributed by atoms with Crippen LogP contribution in [0.25, 0.3) is 0 Å². The van der Waals surface area contributed by atoms with Gasteiger partial charge in [-0.1, -0.05) is 36.4 Å². The summed E-state index contributed by atoms with van der Waals surface area (Å²) in [5.74, 6) is 0.906. The number of carbonyl (C=O) groups excluding carboxylic acids is 2. The number of likely N-dealkylation sites (tertiary alicyclic amines) is 1. The summed E-state index contributed by atoms with van der Waals surface area (Å²) in [5, 5.41) is 0. The number of piperidine rings is 1. The summed E-state index contributed by atoms with van der Waals surface area (Å²) < 4.78 is 24.0. The van der Waals surface area contributed by atoms with E-state index in [0.29, 0.717) is 36.5 Å². The Hall–Kier alpha value is -3.16. The van der Waals surface area contributed by atoms with Crippen LogP contribution < -0.4 is 9.47 Å². The molecule has 194 valence electrons. The normalized spacial score (nSPS) is 28.8. The molecule has 1 fully saturated rings. The Morgan fingerprint density at radius 2 is 1.89 bits per heavy atom. The lowest BCUT2D eigenvalue weighted by molar-refractivity contribution is -0.132. The van der Waals surface area contributed by atoms with Crippen LogP contribution in [0, 0.1) is 5.92 Å². The molecule has 6 rings (SSSR count). The van der Waals surface area contributed by atoms with Crippen molar-refractivity contribution in [1.29, 1.82) is 0 Å². The number of hydrogen-bond donors (Lipinski definition) is 0. The van der Waals surface area contributed by atoms with Gasteiger partial charge in [-0.05, 0) is 63.0 Å². The van der Waals surface area contributed by atoms with Crippen LogP contribution in [0.4, 0.5) is 0 Å². The van der Waals surface area contributed by atoms with Crippen LogP contribution in [0.2, 0.25) is 0 Å². The van der Waals surface area contributed by atoms with Crippen molar-refractivity contribution in [3.8, 4) is 11.5 Å². The smallest absolute Gasteiger partial charge is 0.338 e. The fraction of sp³-hybridized carbons (Fsp3) is 0.467. The van der Waals surface area contributed by atoms with Gasteiger partial charge in [-0.15, -0.1) is 0 Å². The number of hydrogen-bond acceptors (Lipinski definition) is 7. The quantitative estimate of drug-likeness (QED) is 0.233. The van der Waals surface area contributed by atoms with E-state index < -0.39 is 0 Å². The second kappa shape index (κ2) is 9.62. The highest BCUT2D eigenvalue weighted by atomic mass is 16.6. The van der Waals surface area contributed by atoms with Crippen molar-refractivity contribution in [2.45, 2.75) is 56.3 Å². The third kappa shape index (κ3) is 4.05. The molecule has 5 atom stereocenters. The predicted molar refractivity (Wildman–Crippen MR) is 137 cm³/mol. The standard InChI is InChI=1S/C30H33NO6/c1-19(32)36-24-12-10-21-18-23-22-11-13-25(28-30(22,14-15-31(23)2)26(21)27(24)37-28)34-16-6-7-17-35-29(33)20-8-4-3-5-9-20/h3-5,8-13,22-23,25,28H,6-7,14-18H2,1-2H3/t22-,23+,25-,28-,30-/m0/s1. The highest BCUT2D eigenvalue weighted by Gasteiger charge is 2.64. The van der Waals surface area contributed by atoms with Crippen LogP contribution in [0.15, 0.2) is 54.6 Å². The van der Waals surface area contributed by atoms with E-state index in [2.05, 4.69) is 30.2 Å². The van der Waals surface area contributed by atoms with E-state index in [1.807, 2.05) is 24.3 Å². The maximum atomic E-state index is 12.1. The van der Waals surface area contributed by atoms with Gasteiger partial charge < -0.3 is 23.8 Å². The first-order chi connectivity index (χ1) is 18.0. The molecule has 7 heteroatoms. The molecular weight excluding hydrogens is 470 g/mol. The fourth-order valence-electron chi connectivity index (χ4n) is 6.83. The van der Waals surface area contributed by atoms with Crippen LogP contribution in [0.3, 0.4) is 0 Å². The van der Waals surface area contributed by atoms with Gasteiger partial charge in [-0.25, -0.2) is 4.79 Å². The molecule has 1 spiro atoms. The summed E-state index contributed by atoms with van der Waals surface area (Å²) in [6.07, 6.45) is 7.56. The Bertz CT molecular complexity index is 1230. The zero-order valence-corrected chi connectivity index (χ0v) is 21.4. The van der Waals surface area contributed by atoms with Crippen molar-refractivity contribution < 1.29 is 28.5 Å². The number of carbonyl (C=O) groups is 2. The van der Waals surface area contributed by atoms with Crippen molar-refractivity contribution >= 4 is 11.9 Å². The largest absolute Gasteiger partial charge is 0.482 e. The van der Waals surface area contributed by atoms with Gasteiger partial charge in [0.25, 0.3) is 0 Å². The minimum absolute atomic E-state index is 0.166. The maximum Gasteiger partial charge on any atom is 0.338 e. The predicted octanol–water partition coefficient (Wildman–Crippen LogP) is 4.08. The number of nitrogens with zero attached hydrogens (tertiary/aromatic N) is 1. The molecule has 2 aromatic carbocycles. The first kappa shape index (κ1) is 24.2. The Morgan fingerprint density at radius 1 is 1.08 bits per heavy atom. The Balaban J connectivity index is 1.15. The van der Waals surface area contributed by atoms with Crippen LogP contribution >= 0.6 is 0 Å². The van der Waals surface area contributed by atoms with Crippen LogP contribution in [0.1, 0.15) is 47.7 Å². The lowest BCUT2D eigenvalue weighted by Crippen LogP contribution is -2.65. The molecule has 2 bridgehead atoms. The highest BCUT2D eigenvalue weighted by Crippen LogP contribution is 2.62. The zero-order valence-electron chi connectivity index (χ0n) is 21.4. The van der Waals surface area contributed by atoms with Gasteiger partial charge in [0.1, 0.15) is 12.2 Å². The molecule has 37 heavy (non-hydrogen) atoms. The Labute approximate surface area is 217 Å². The molecule has 1 saturated heterocycles. The van der Waals surface area contributed by atoms with E-state index in [-0.39, 0.29) is 29.6 Å². The number of ether oxygens (including phenoxy) is 4. The lowest BCUT2D eigenvalue weighted by atomic mass is 9.53. The molecule has 0 N–H and O–H groups in total.